The summed E-state index contributed by atoms with van der Waals surface area (Å²) in [5.41, 5.74) is 2.72. The lowest BCUT2D eigenvalue weighted by atomic mass is 10.1. The smallest absolute Gasteiger partial charge is 0.242 e. The summed E-state index contributed by atoms with van der Waals surface area (Å²) in [4.78, 5) is 14.3. The van der Waals surface area contributed by atoms with Gasteiger partial charge in [0.1, 0.15) is 0 Å². The standard InChI is InChI=1S/C19H24N2O3S/c1-4-21(18-8-6-5-7-9-18)19(22)15-20(25(3,23)24)14-17-12-10-16(2)11-13-17/h5-13H,4,14-15H2,1-3H3. The Morgan fingerprint density at radius 3 is 2.12 bits per heavy atom. The quantitative estimate of drug-likeness (QED) is 0.763. The summed E-state index contributed by atoms with van der Waals surface area (Å²) in [6.45, 7) is 4.31. The highest BCUT2D eigenvalue weighted by Crippen LogP contribution is 2.15. The first-order valence-corrected chi connectivity index (χ1v) is 10.0. The first-order valence-electron chi connectivity index (χ1n) is 8.17. The molecule has 2 aromatic carbocycles. The van der Waals surface area contributed by atoms with Crippen LogP contribution in [0.15, 0.2) is 54.6 Å². The number of rotatable bonds is 7. The van der Waals surface area contributed by atoms with E-state index in [4.69, 9.17) is 0 Å². The Balaban J connectivity index is 2.18. The summed E-state index contributed by atoms with van der Waals surface area (Å²) >= 11 is 0. The van der Waals surface area contributed by atoms with Gasteiger partial charge in [0.2, 0.25) is 15.9 Å². The number of hydrogen-bond donors (Lipinski definition) is 0. The molecule has 0 N–H and O–H groups in total. The van der Waals surface area contributed by atoms with E-state index in [1.165, 1.54) is 4.31 Å². The largest absolute Gasteiger partial charge is 0.312 e. The molecule has 0 aliphatic rings. The van der Waals surface area contributed by atoms with Crippen LogP contribution in [0.3, 0.4) is 0 Å². The highest BCUT2D eigenvalue weighted by Gasteiger charge is 2.24. The number of benzene rings is 2. The number of aryl methyl sites for hydroxylation is 1. The number of carbonyl (C=O) groups is 1. The fourth-order valence-electron chi connectivity index (χ4n) is 2.53. The van der Waals surface area contributed by atoms with Crippen molar-refractivity contribution in [2.24, 2.45) is 0 Å². The lowest BCUT2D eigenvalue weighted by molar-refractivity contribution is -0.118. The molecule has 0 aliphatic heterocycles. The molecule has 0 saturated heterocycles. The monoisotopic (exact) mass is 360 g/mol. The van der Waals surface area contributed by atoms with Crippen LogP contribution in [0.5, 0.6) is 0 Å². The van der Waals surface area contributed by atoms with E-state index in [2.05, 4.69) is 0 Å². The van der Waals surface area contributed by atoms with Crippen LogP contribution in [0.1, 0.15) is 18.1 Å². The third-order valence-corrected chi connectivity index (χ3v) is 5.14. The van der Waals surface area contributed by atoms with E-state index in [1.807, 2.05) is 68.4 Å². The summed E-state index contributed by atoms with van der Waals surface area (Å²) in [5, 5.41) is 0. The van der Waals surface area contributed by atoms with E-state index in [0.717, 1.165) is 23.1 Å². The van der Waals surface area contributed by atoms with E-state index in [1.54, 1.807) is 4.90 Å². The SMILES string of the molecule is CCN(C(=O)CN(Cc1ccc(C)cc1)S(C)(=O)=O)c1ccccc1. The zero-order chi connectivity index (χ0) is 18.4. The molecule has 0 unspecified atom stereocenters. The second-order valence-corrected chi connectivity index (χ2v) is 7.97. The van der Waals surface area contributed by atoms with Crippen LogP contribution in [-0.2, 0) is 21.4 Å². The molecule has 2 aromatic rings. The lowest BCUT2D eigenvalue weighted by Crippen LogP contribution is -2.42. The maximum Gasteiger partial charge on any atom is 0.242 e. The topological polar surface area (TPSA) is 57.7 Å². The molecule has 6 heteroatoms. The van der Waals surface area contributed by atoms with Crippen molar-refractivity contribution in [1.82, 2.24) is 4.31 Å². The van der Waals surface area contributed by atoms with Gasteiger partial charge in [0.15, 0.2) is 0 Å². The molecule has 134 valence electrons. The van der Waals surface area contributed by atoms with Crippen molar-refractivity contribution in [1.29, 1.82) is 0 Å². The van der Waals surface area contributed by atoms with Gasteiger partial charge in [-0.15, -0.1) is 0 Å². The Kier molecular flexibility index (Phi) is 6.33. The first kappa shape index (κ1) is 19.1. The molecule has 0 atom stereocenters. The predicted octanol–water partition coefficient (Wildman–Crippen LogP) is 2.81. The summed E-state index contributed by atoms with van der Waals surface area (Å²) in [5.74, 6) is -0.244. The van der Waals surface area contributed by atoms with Crippen LogP contribution in [0, 0.1) is 6.92 Å². The summed E-state index contributed by atoms with van der Waals surface area (Å²) in [6, 6.07) is 16.9. The number of para-hydroxylation sites is 1. The molecule has 0 heterocycles. The molecular weight excluding hydrogens is 336 g/mol. The number of likely N-dealkylation sites (N-methyl/N-ethyl adjacent to an activating group) is 1. The predicted molar refractivity (Wildman–Crippen MR) is 101 cm³/mol. The van der Waals surface area contributed by atoms with Gasteiger partial charge in [0, 0.05) is 18.8 Å². The molecular formula is C19H24N2O3S. The van der Waals surface area contributed by atoms with E-state index >= 15 is 0 Å². The van der Waals surface area contributed by atoms with E-state index in [0.29, 0.717) is 6.54 Å². The summed E-state index contributed by atoms with van der Waals surface area (Å²) in [7, 11) is -3.51. The van der Waals surface area contributed by atoms with Crippen molar-refractivity contribution in [2.45, 2.75) is 20.4 Å². The second kappa shape index (κ2) is 8.27. The number of nitrogens with zero attached hydrogens (tertiary/aromatic N) is 2. The van der Waals surface area contributed by atoms with Crippen LogP contribution < -0.4 is 4.90 Å². The molecule has 0 fully saturated rings. The zero-order valence-electron chi connectivity index (χ0n) is 14.8. The fraction of sp³-hybridized carbons (Fsp3) is 0.316. The zero-order valence-corrected chi connectivity index (χ0v) is 15.7. The molecule has 0 saturated carbocycles. The van der Waals surface area contributed by atoms with Crippen molar-refractivity contribution in [3.8, 4) is 0 Å². The molecule has 0 spiro atoms. The molecule has 0 aromatic heterocycles. The van der Waals surface area contributed by atoms with Crippen LogP contribution in [0.4, 0.5) is 5.69 Å². The van der Waals surface area contributed by atoms with Crippen molar-refractivity contribution in [3.05, 3.63) is 65.7 Å². The second-order valence-electron chi connectivity index (χ2n) is 5.99. The summed E-state index contributed by atoms with van der Waals surface area (Å²) in [6.07, 6.45) is 1.13. The van der Waals surface area contributed by atoms with Gasteiger partial charge in [0.25, 0.3) is 0 Å². The van der Waals surface area contributed by atoms with E-state index in [9.17, 15) is 13.2 Å². The molecule has 25 heavy (non-hydrogen) atoms. The van der Waals surface area contributed by atoms with Gasteiger partial charge in [-0.3, -0.25) is 4.79 Å². The number of amides is 1. The summed E-state index contributed by atoms with van der Waals surface area (Å²) < 4.78 is 25.5. The maximum absolute atomic E-state index is 12.7. The normalized spacial score (nSPS) is 11.5. The highest BCUT2D eigenvalue weighted by atomic mass is 32.2. The Hall–Kier alpha value is -2.18. The van der Waals surface area contributed by atoms with Gasteiger partial charge in [-0.05, 0) is 31.5 Å². The van der Waals surface area contributed by atoms with Gasteiger partial charge in [-0.2, -0.15) is 4.31 Å². The lowest BCUT2D eigenvalue weighted by Gasteiger charge is -2.25. The van der Waals surface area contributed by atoms with E-state index < -0.39 is 10.0 Å². The van der Waals surface area contributed by atoms with Gasteiger partial charge < -0.3 is 4.90 Å². The van der Waals surface area contributed by atoms with Gasteiger partial charge >= 0.3 is 0 Å². The molecule has 5 nitrogen and oxygen atoms in total. The van der Waals surface area contributed by atoms with Crippen molar-refractivity contribution in [2.75, 3.05) is 24.2 Å². The van der Waals surface area contributed by atoms with Gasteiger partial charge in [-0.1, -0.05) is 48.0 Å². The van der Waals surface area contributed by atoms with Crippen LogP contribution in [0.2, 0.25) is 0 Å². The number of anilines is 1. The third kappa shape index (κ3) is 5.41. The average Bonchev–Trinajstić information content (AvgIpc) is 2.57. The number of carbonyl (C=O) groups excluding carboxylic acids is 1. The Bertz CT molecular complexity index is 802. The minimum Gasteiger partial charge on any atom is -0.312 e. The maximum atomic E-state index is 12.7. The van der Waals surface area contributed by atoms with Crippen molar-refractivity contribution in [3.63, 3.8) is 0 Å². The minimum atomic E-state index is -3.51. The van der Waals surface area contributed by atoms with Crippen molar-refractivity contribution >= 4 is 21.6 Å². The third-order valence-electron chi connectivity index (χ3n) is 3.95. The van der Waals surface area contributed by atoms with Crippen molar-refractivity contribution < 1.29 is 13.2 Å². The van der Waals surface area contributed by atoms with Crippen LogP contribution in [-0.4, -0.2) is 38.0 Å². The molecule has 2 rings (SSSR count). The van der Waals surface area contributed by atoms with Gasteiger partial charge in [0.05, 0.1) is 12.8 Å². The Morgan fingerprint density at radius 2 is 1.60 bits per heavy atom. The molecule has 1 amide bonds. The minimum absolute atomic E-state index is 0.178. The Labute approximate surface area is 149 Å². The van der Waals surface area contributed by atoms with Crippen LogP contribution in [0.25, 0.3) is 0 Å². The molecule has 0 radical (unpaired) electrons. The molecule has 0 aliphatic carbocycles. The molecule has 0 bridgehead atoms. The first-order chi connectivity index (χ1) is 11.8. The number of sulfonamides is 1. The number of hydrogen-bond acceptors (Lipinski definition) is 3. The fourth-order valence-corrected chi connectivity index (χ4v) is 3.26. The van der Waals surface area contributed by atoms with Crippen LogP contribution >= 0.6 is 0 Å². The van der Waals surface area contributed by atoms with E-state index in [-0.39, 0.29) is 19.0 Å². The average molecular weight is 360 g/mol. The highest BCUT2D eigenvalue weighted by molar-refractivity contribution is 7.88. The van der Waals surface area contributed by atoms with Gasteiger partial charge in [-0.25, -0.2) is 8.42 Å². The Morgan fingerprint density at radius 1 is 1.00 bits per heavy atom.